The van der Waals surface area contributed by atoms with Crippen molar-refractivity contribution in [1.29, 1.82) is 0 Å². The number of amides is 2. The van der Waals surface area contributed by atoms with Crippen molar-refractivity contribution in [3.63, 3.8) is 0 Å². The number of nitrogens with one attached hydrogen (secondary N) is 1. The molecule has 5 rings (SSSR count). The third-order valence-corrected chi connectivity index (χ3v) is 9.37. The third-order valence-electron chi connectivity index (χ3n) is 8.87. The van der Waals surface area contributed by atoms with E-state index in [1.807, 2.05) is 18.2 Å². The fraction of sp³-hybridized carbons (Fsp3) is 0.667. The van der Waals surface area contributed by atoms with Crippen LogP contribution in [0, 0.1) is 17.8 Å². The number of nitrogens with zero attached hydrogens (tertiary/aromatic N) is 1. The Morgan fingerprint density at radius 2 is 1.74 bits per heavy atom. The summed E-state index contributed by atoms with van der Waals surface area (Å²) in [6.07, 6.45) is 10.3. The fourth-order valence-corrected chi connectivity index (χ4v) is 7.64. The van der Waals surface area contributed by atoms with Crippen molar-refractivity contribution in [2.45, 2.75) is 88.3 Å². The molecule has 7 nitrogen and oxygen atoms in total. The molecule has 4 aliphatic rings. The molecule has 2 aliphatic heterocycles. The number of hydrogen-bond donors (Lipinski definition) is 2. The number of carboxylic acids is 1. The Bertz CT molecular complexity index is 1000. The first-order valence-corrected chi connectivity index (χ1v) is 13.9. The van der Waals surface area contributed by atoms with E-state index >= 15 is 0 Å². The molecule has 1 aromatic rings. The van der Waals surface area contributed by atoms with Crippen LogP contribution in [0.1, 0.15) is 82.2 Å². The summed E-state index contributed by atoms with van der Waals surface area (Å²) in [6, 6.07) is 4.82. The molecule has 4 atom stereocenters. The van der Waals surface area contributed by atoms with Crippen molar-refractivity contribution in [2.75, 3.05) is 7.11 Å². The summed E-state index contributed by atoms with van der Waals surface area (Å²) in [6.45, 7) is 0. The number of carbonyl (C=O) groups excluding carboxylic acids is 2. The molecule has 1 aromatic carbocycles. The van der Waals surface area contributed by atoms with E-state index in [1.165, 1.54) is 11.3 Å². The predicted octanol–water partition coefficient (Wildman–Crippen LogP) is 4.83. The number of carbonyl (C=O) groups is 3. The summed E-state index contributed by atoms with van der Waals surface area (Å²) in [5.41, 5.74) is -0.754. The number of methoxy groups -OCH3 is 1. The van der Waals surface area contributed by atoms with Gasteiger partial charge in [0.05, 0.1) is 18.9 Å². The first kappa shape index (κ1) is 24.8. The average Bonchev–Trinajstić information content (AvgIpc) is 3.34. The average molecular weight is 547 g/mol. The molecular weight excluding hydrogens is 512 g/mol. The van der Waals surface area contributed by atoms with Gasteiger partial charge in [-0.3, -0.25) is 24.6 Å². The lowest BCUT2D eigenvalue weighted by Crippen LogP contribution is -2.57. The number of likely N-dealkylation sites (tertiary alicyclic amines) is 1. The molecule has 2 heterocycles. The summed E-state index contributed by atoms with van der Waals surface area (Å²) < 4.78 is 6.44. The molecule has 4 unspecified atom stereocenters. The highest BCUT2D eigenvalue weighted by Gasteiger charge is 2.69. The molecule has 190 valence electrons. The molecule has 35 heavy (non-hydrogen) atoms. The lowest BCUT2D eigenvalue weighted by molar-refractivity contribution is -0.153. The first-order valence-electron chi connectivity index (χ1n) is 13.1. The number of aliphatic carboxylic acids is 1. The summed E-state index contributed by atoms with van der Waals surface area (Å²) in [7, 11) is 1.57. The van der Waals surface area contributed by atoms with Gasteiger partial charge in [-0.05, 0) is 43.4 Å². The van der Waals surface area contributed by atoms with Crippen LogP contribution >= 0.6 is 15.9 Å². The van der Waals surface area contributed by atoms with Gasteiger partial charge in [-0.25, -0.2) is 0 Å². The minimum atomic E-state index is -1.47. The molecule has 0 spiro atoms. The zero-order valence-electron chi connectivity index (χ0n) is 20.3. The van der Waals surface area contributed by atoms with Crippen LogP contribution in [0.4, 0.5) is 0 Å². The molecule has 2 N–H and O–H groups in total. The second-order valence-corrected chi connectivity index (χ2v) is 11.8. The molecule has 2 saturated heterocycles. The maximum Gasteiger partial charge on any atom is 0.324 e. The lowest BCUT2D eigenvalue weighted by Gasteiger charge is -2.37. The molecule has 0 bridgehead atoms. The van der Waals surface area contributed by atoms with Gasteiger partial charge in [0, 0.05) is 22.1 Å². The summed E-state index contributed by atoms with van der Waals surface area (Å²) in [5.74, 6) is -2.41. The van der Waals surface area contributed by atoms with E-state index < -0.39 is 29.4 Å². The van der Waals surface area contributed by atoms with Crippen LogP contribution in [-0.2, 0) is 14.4 Å². The van der Waals surface area contributed by atoms with E-state index in [-0.39, 0.29) is 23.8 Å². The number of halogens is 1. The van der Waals surface area contributed by atoms with Crippen LogP contribution in [0.15, 0.2) is 22.7 Å². The molecular formula is C27H35BrN2O5. The van der Waals surface area contributed by atoms with Crippen LogP contribution in [0.3, 0.4) is 0 Å². The number of rotatable bonds is 6. The van der Waals surface area contributed by atoms with Gasteiger partial charge in [-0.1, -0.05) is 67.3 Å². The summed E-state index contributed by atoms with van der Waals surface area (Å²) in [5, 5.41) is 14.1. The summed E-state index contributed by atoms with van der Waals surface area (Å²) in [4.78, 5) is 42.6. The Hall–Kier alpha value is -1.93. The van der Waals surface area contributed by atoms with E-state index in [0.29, 0.717) is 12.2 Å². The van der Waals surface area contributed by atoms with Crippen molar-refractivity contribution in [1.82, 2.24) is 10.2 Å². The molecule has 8 heteroatoms. The quantitative estimate of drug-likeness (QED) is 0.496. The van der Waals surface area contributed by atoms with Gasteiger partial charge in [-0.15, -0.1) is 0 Å². The van der Waals surface area contributed by atoms with Gasteiger partial charge >= 0.3 is 5.97 Å². The molecule has 0 aromatic heterocycles. The smallest absolute Gasteiger partial charge is 0.324 e. The molecule has 2 amide bonds. The maximum absolute atomic E-state index is 14.0. The van der Waals surface area contributed by atoms with E-state index in [4.69, 9.17) is 4.74 Å². The Morgan fingerprint density at radius 3 is 2.37 bits per heavy atom. The van der Waals surface area contributed by atoms with Crippen LogP contribution in [0.25, 0.3) is 0 Å². The molecule has 2 aliphatic carbocycles. The van der Waals surface area contributed by atoms with Crippen molar-refractivity contribution in [3.8, 4) is 5.75 Å². The second-order valence-electron chi connectivity index (χ2n) is 10.8. The number of benzene rings is 1. The third kappa shape index (κ3) is 4.20. The number of fused-ring (bicyclic) bond motifs is 1. The fourth-order valence-electron chi connectivity index (χ4n) is 7.26. The second kappa shape index (κ2) is 9.85. The van der Waals surface area contributed by atoms with E-state index in [2.05, 4.69) is 21.2 Å². The Labute approximate surface area is 215 Å². The predicted molar refractivity (Wildman–Crippen MR) is 134 cm³/mol. The summed E-state index contributed by atoms with van der Waals surface area (Å²) >= 11 is 3.52. The SMILES string of the molecule is COc1ccc(Br)cc1C1NC(CC2CCCCC2)(C(=O)O)C2C(=O)N(C3CCCCC3)C(=O)C12. The van der Waals surface area contributed by atoms with Crippen molar-refractivity contribution in [3.05, 3.63) is 28.2 Å². The minimum absolute atomic E-state index is 0.124. The van der Waals surface area contributed by atoms with E-state index in [0.717, 1.165) is 67.8 Å². The highest BCUT2D eigenvalue weighted by Crippen LogP contribution is 2.54. The zero-order chi connectivity index (χ0) is 24.7. The van der Waals surface area contributed by atoms with Crippen molar-refractivity contribution >= 4 is 33.7 Å². The highest BCUT2D eigenvalue weighted by molar-refractivity contribution is 9.10. The Kier molecular flexibility index (Phi) is 6.96. The van der Waals surface area contributed by atoms with Gasteiger partial charge < -0.3 is 9.84 Å². The van der Waals surface area contributed by atoms with E-state index in [9.17, 15) is 19.5 Å². The number of hydrogen-bond acceptors (Lipinski definition) is 5. The number of carboxylic acid groups (broad SMARTS) is 1. The van der Waals surface area contributed by atoms with Crippen molar-refractivity contribution in [2.24, 2.45) is 17.8 Å². The van der Waals surface area contributed by atoms with Gasteiger partial charge in [0.15, 0.2) is 0 Å². The van der Waals surface area contributed by atoms with Gasteiger partial charge in [0.25, 0.3) is 0 Å². The van der Waals surface area contributed by atoms with Crippen LogP contribution < -0.4 is 10.1 Å². The monoisotopic (exact) mass is 546 g/mol. The van der Waals surface area contributed by atoms with Crippen LogP contribution in [-0.4, -0.2) is 46.5 Å². The number of ether oxygens (including phenoxy) is 1. The zero-order valence-corrected chi connectivity index (χ0v) is 21.9. The van der Waals surface area contributed by atoms with Crippen molar-refractivity contribution < 1.29 is 24.2 Å². The Morgan fingerprint density at radius 1 is 1.09 bits per heavy atom. The molecule has 2 saturated carbocycles. The maximum atomic E-state index is 14.0. The lowest BCUT2D eigenvalue weighted by atomic mass is 9.72. The Balaban J connectivity index is 1.60. The van der Waals surface area contributed by atoms with E-state index in [1.54, 1.807) is 7.11 Å². The number of imide groups is 1. The first-order chi connectivity index (χ1) is 16.9. The topological polar surface area (TPSA) is 95.9 Å². The molecule has 0 radical (unpaired) electrons. The molecule has 4 fully saturated rings. The van der Waals surface area contributed by atoms with Gasteiger partial charge in [-0.2, -0.15) is 0 Å². The minimum Gasteiger partial charge on any atom is -0.496 e. The normalized spacial score (nSPS) is 32.2. The standard InChI is InChI=1S/C27H35BrN2O5/c1-35-20-13-12-17(28)14-19(20)23-21-22(25(32)30(24(21)31)18-10-6-3-7-11-18)27(29-23,26(33)34)15-16-8-4-2-5-9-16/h12-14,16,18,21-23,29H,2-11,15H2,1H3,(H,33,34). The van der Waals surface area contributed by atoms with Crippen LogP contribution in [0.2, 0.25) is 0 Å². The van der Waals surface area contributed by atoms with Gasteiger partial charge in [0.2, 0.25) is 11.8 Å². The largest absolute Gasteiger partial charge is 0.496 e. The van der Waals surface area contributed by atoms with Crippen LogP contribution in [0.5, 0.6) is 5.75 Å². The van der Waals surface area contributed by atoms with Gasteiger partial charge in [0.1, 0.15) is 11.3 Å². The highest BCUT2D eigenvalue weighted by atomic mass is 79.9.